The molecule has 0 saturated carbocycles. The van der Waals surface area contributed by atoms with Crippen LogP contribution < -0.4 is 4.90 Å². The van der Waals surface area contributed by atoms with Gasteiger partial charge in [-0.05, 0) is 35.9 Å². The first-order chi connectivity index (χ1) is 10.5. The molecule has 0 unspecified atom stereocenters. The van der Waals surface area contributed by atoms with Gasteiger partial charge in [0.15, 0.2) is 0 Å². The standard InChI is InChI=1S/C14H13Cl2N3O3/c1-22-7-6-19(12-4-5-17-14(16)18-12)9-2-3-11(15)10(8-9)13(20)21/h2-5,8H,6-7H2,1H3,(H,20,21). The van der Waals surface area contributed by atoms with E-state index in [4.69, 9.17) is 27.9 Å². The van der Waals surface area contributed by atoms with E-state index < -0.39 is 5.97 Å². The molecule has 6 nitrogen and oxygen atoms in total. The number of anilines is 2. The molecule has 1 aromatic carbocycles. The Labute approximate surface area is 137 Å². The van der Waals surface area contributed by atoms with Crippen molar-refractivity contribution in [2.24, 2.45) is 0 Å². The molecule has 2 rings (SSSR count). The van der Waals surface area contributed by atoms with Gasteiger partial charge in [0.25, 0.3) is 0 Å². The van der Waals surface area contributed by atoms with Crippen molar-refractivity contribution in [3.05, 3.63) is 46.3 Å². The highest BCUT2D eigenvalue weighted by atomic mass is 35.5. The number of hydrogen-bond acceptors (Lipinski definition) is 5. The Morgan fingerprint density at radius 2 is 2.14 bits per heavy atom. The van der Waals surface area contributed by atoms with Gasteiger partial charge >= 0.3 is 5.97 Å². The quantitative estimate of drug-likeness (QED) is 0.812. The van der Waals surface area contributed by atoms with Crippen LogP contribution in [0.1, 0.15) is 10.4 Å². The van der Waals surface area contributed by atoms with Crippen LogP contribution in [-0.4, -0.2) is 41.3 Å². The van der Waals surface area contributed by atoms with E-state index in [9.17, 15) is 9.90 Å². The van der Waals surface area contributed by atoms with E-state index in [-0.39, 0.29) is 15.9 Å². The molecule has 22 heavy (non-hydrogen) atoms. The third kappa shape index (κ3) is 3.85. The van der Waals surface area contributed by atoms with Crippen molar-refractivity contribution in [1.29, 1.82) is 0 Å². The minimum Gasteiger partial charge on any atom is -0.478 e. The Morgan fingerprint density at radius 3 is 2.77 bits per heavy atom. The summed E-state index contributed by atoms with van der Waals surface area (Å²) in [5, 5.41) is 9.46. The average molecular weight is 342 g/mol. The van der Waals surface area contributed by atoms with Gasteiger partial charge in [0, 0.05) is 25.5 Å². The maximum Gasteiger partial charge on any atom is 0.337 e. The number of aromatic nitrogens is 2. The number of rotatable bonds is 6. The van der Waals surface area contributed by atoms with Crippen LogP contribution in [0.3, 0.4) is 0 Å². The Balaban J connectivity index is 2.45. The van der Waals surface area contributed by atoms with E-state index in [1.54, 1.807) is 24.1 Å². The van der Waals surface area contributed by atoms with Crippen LogP contribution in [0.15, 0.2) is 30.5 Å². The molecular formula is C14H13Cl2N3O3. The van der Waals surface area contributed by atoms with Gasteiger partial charge < -0.3 is 14.7 Å². The van der Waals surface area contributed by atoms with E-state index in [2.05, 4.69) is 9.97 Å². The Morgan fingerprint density at radius 1 is 1.36 bits per heavy atom. The number of benzene rings is 1. The third-order valence-electron chi connectivity index (χ3n) is 2.90. The average Bonchev–Trinajstić information content (AvgIpc) is 2.49. The molecule has 0 aliphatic carbocycles. The Bertz CT molecular complexity index is 682. The van der Waals surface area contributed by atoms with Crippen LogP contribution in [0.25, 0.3) is 0 Å². The molecule has 1 aromatic heterocycles. The number of aromatic carboxylic acids is 1. The fourth-order valence-electron chi connectivity index (χ4n) is 1.88. The Kier molecular flexibility index (Phi) is 5.54. The fraction of sp³-hybridized carbons (Fsp3) is 0.214. The van der Waals surface area contributed by atoms with Gasteiger partial charge in [-0.1, -0.05) is 11.6 Å². The molecule has 0 radical (unpaired) electrons. The first kappa shape index (κ1) is 16.5. The summed E-state index contributed by atoms with van der Waals surface area (Å²) >= 11 is 11.7. The zero-order valence-electron chi connectivity index (χ0n) is 11.7. The molecule has 0 fully saturated rings. The molecule has 0 aliphatic heterocycles. The molecular weight excluding hydrogens is 329 g/mol. The van der Waals surface area contributed by atoms with E-state index in [0.29, 0.717) is 24.7 Å². The van der Waals surface area contributed by atoms with Crippen LogP contribution in [0.5, 0.6) is 0 Å². The van der Waals surface area contributed by atoms with E-state index in [1.165, 1.54) is 18.3 Å². The molecule has 0 bridgehead atoms. The molecule has 116 valence electrons. The summed E-state index contributed by atoms with van der Waals surface area (Å²) in [6, 6.07) is 6.40. The number of halogens is 2. The number of hydrogen-bond donors (Lipinski definition) is 1. The smallest absolute Gasteiger partial charge is 0.337 e. The lowest BCUT2D eigenvalue weighted by Gasteiger charge is -2.24. The highest BCUT2D eigenvalue weighted by Gasteiger charge is 2.16. The largest absolute Gasteiger partial charge is 0.478 e. The van der Waals surface area contributed by atoms with E-state index in [0.717, 1.165) is 0 Å². The number of carboxylic acid groups (broad SMARTS) is 1. The summed E-state index contributed by atoms with van der Waals surface area (Å²) in [6.07, 6.45) is 1.53. The van der Waals surface area contributed by atoms with Gasteiger partial charge in [-0.15, -0.1) is 0 Å². The van der Waals surface area contributed by atoms with Crippen LogP contribution >= 0.6 is 23.2 Å². The van der Waals surface area contributed by atoms with Crippen molar-refractivity contribution < 1.29 is 14.6 Å². The second-order valence-corrected chi connectivity index (χ2v) is 5.04. The molecule has 2 aromatic rings. The maximum absolute atomic E-state index is 11.2. The van der Waals surface area contributed by atoms with Crippen molar-refractivity contribution >= 4 is 40.7 Å². The van der Waals surface area contributed by atoms with Crippen LogP contribution in [0.4, 0.5) is 11.5 Å². The van der Waals surface area contributed by atoms with Gasteiger partial charge in [-0.2, -0.15) is 0 Å². The lowest BCUT2D eigenvalue weighted by molar-refractivity contribution is 0.0697. The monoisotopic (exact) mass is 341 g/mol. The first-order valence-corrected chi connectivity index (χ1v) is 7.06. The number of methoxy groups -OCH3 is 1. The van der Waals surface area contributed by atoms with Gasteiger partial charge in [0.1, 0.15) is 5.82 Å². The molecule has 1 heterocycles. The predicted octanol–water partition coefficient (Wildman–Crippen LogP) is 3.27. The first-order valence-electron chi connectivity index (χ1n) is 6.31. The molecule has 0 atom stereocenters. The van der Waals surface area contributed by atoms with Crippen LogP contribution in [0, 0.1) is 0 Å². The lowest BCUT2D eigenvalue weighted by Crippen LogP contribution is -2.23. The summed E-state index contributed by atoms with van der Waals surface area (Å²) in [5.41, 5.74) is 0.635. The van der Waals surface area contributed by atoms with Crippen molar-refractivity contribution in [2.75, 3.05) is 25.2 Å². The zero-order valence-corrected chi connectivity index (χ0v) is 13.2. The second-order valence-electron chi connectivity index (χ2n) is 4.30. The van der Waals surface area contributed by atoms with Crippen molar-refractivity contribution in [1.82, 2.24) is 9.97 Å². The summed E-state index contributed by atoms with van der Waals surface area (Å²) in [6.45, 7) is 0.886. The topological polar surface area (TPSA) is 75.5 Å². The number of carbonyl (C=O) groups is 1. The van der Waals surface area contributed by atoms with Crippen LogP contribution in [-0.2, 0) is 4.74 Å². The lowest BCUT2D eigenvalue weighted by atomic mass is 10.2. The van der Waals surface area contributed by atoms with Crippen LogP contribution in [0.2, 0.25) is 10.3 Å². The van der Waals surface area contributed by atoms with E-state index in [1.807, 2.05) is 0 Å². The van der Waals surface area contributed by atoms with Gasteiger partial charge in [0.2, 0.25) is 5.28 Å². The number of ether oxygens (including phenoxy) is 1. The molecule has 0 saturated heterocycles. The summed E-state index contributed by atoms with van der Waals surface area (Å²) in [5.74, 6) is -0.560. The predicted molar refractivity (Wildman–Crippen MR) is 84.3 cm³/mol. The minimum absolute atomic E-state index is 0.0155. The second kappa shape index (κ2) is 7.40. The zero-order chi connectivity index (χ0) is 16.1. The normalized spacial score (nSPS) is 10.5. The van der Waals surface area contributed by atoms with E-state index >= 15 is 0 Å². The van der Waals surface area contributed by atoms with Gasteiger partial charge in [-0.3, -0.25) is 0 Å². The molecule has 0 aliphatic rings. The SMILES string of the molecule is COCCN(c1ccc(Cl)c(C(=O)O)c1)c1ccnc(Cl)n1. The summed E-state index contributed by atoms with van der Waals surface area (Å²) in [7, 11) is 1.58. The highest BCUT2D eigenvalue weighted by Crippen LogP contribution is 2.28. The van der Waals surface area contributed by atoms with Gasteiger partial charge in [-0.25, -0.2) is 14.8 Å². The van der Waals surface area contributed by atoms with Gasteiger partial charge in [0.05, 0.1) is 17.2 Å². The Hall–Kier alpha value is -1.89. The minimum atomic E-state index is -1.10. The molecule has 0 amide bonds. The highest BCUT2D eigenvalue weighted by molar-refractivity contribution is 6.33. The molecule has 1 N–H and O–H groups in total. The fourth-order valence-corrected chi connectivity index (χ4v) is 2.22. The summed E-state index contributed by atoms with van der Waals surface area (Å²) < 4.78 is 5.09. The maximum atomic E-state index is 11.2. The number of nitrogens with zero attached hydrogens (tertiary/aromatic N) is 3. The number of carboxylic acids is 1. The third-order valence-corrected chi connectivity index (χ3v) is 3.41. The van der Waals surface area contributed by atoms with Crippen molar-refractivity contribution in [2.45, 2.75) is 0 Å². The van der Waals surface area contributed by atoms with Crippen molar-refractivity contribution in [3.63, 3.8) is 0 Å². The summed E-state index contributed by atoms with van der Waals surface area (Å²) in [4.78, 5) is 21.0. The molecule has 0 spiro atoms. The molecule has 8 heteroatoms. The van der Waals surface area contributed by atoms with Crippen molar-refractivity contribution in [3.8, 4) is 0 Å².